The largest absolute Gasteiger partial charge is 0.469 e. The summed E-state index contributed by atoms with van der Waals surface area (Å²) < 4.78 is 19.9. The predicted molar refractivity (Wildman–Crippen MR) is 74.2 cm³/mol. The van der Waals surface area contributed by atoms with E-state index in [1.165, 1.54) is 14.2 Å². The number of methoxy groups -OCH3 is 2. The van der Waals surface area contributed by atoms with E-state index >= 15 is 0 Å². The first-order valence-electron chi connectivity index (χ1n) is 6.52. The fraction of sp³-hybridized carbons (Fsp3) is 0.467. The summed E-state index contributed by atoms with van der Waals surface area (Å²) in [6.45, 7) is 0.373. The Morgan fingerprint density at radius 1 is 1.00 bits per heavy atom. The van der Waals surface area contributed by atoms with Crippen molar-refractivity contribution in [3.05, 3.63) is 35.9 Å². The minimum Gasteiger partial charge on any atom is -0.469 e. The van der Waals surface area contributed by atoms with E-state index in [0.717, 1.165) is 5.56 Å². The predicted octanol–water partition coefficient (Wildman–Crippen LogP) is 1.67. The van der Waals surface area contributed by atoms with Gasteiger partial charge in [0.25, 0.3) is 0 Å². The van der Waals surface area contributed by atoms with Crippen molar-refractivity contribution >= 4 is 11.9 Å². The van der Waals surface area contributed by atoms with Crippen molar-refractivity contribution in [2.24, 2.45) is 0 Å². The zero-order chi connectivity index (χ0) is 15.5. The van der Waals surface area contributed by atoms with Gasteiger partial charge in [-0.2, -0.15) is 0 Å². The molecule has 0 aliphatic carbocycles. The number of hydrogen-bond donors (Lipinski definition) is 0. The molecule has 0 N–H and O–H groups in total. The zero-order valence-electron chi connectivity index (χ0n) is 12.2. The molecule has 0 aromatic heterocycles. The molecule has 0 atom stereocenters. The van der Waals surface area contributed by atoms with Gasteiger partial charge in [-0.25, -0.2) is 0 Å². The maximum absolute atomic E-state index is 11.3. The topological polar surface area (TPSA) is 71.1 Å². The van der Waals surface area contributed by atoms with Crippen LogP contribution in [0, 0.1) is 0 Å². The van der Waals surface area contributed by atoms with Crippen LogP contribution in [0.15, 0.2) is 30.3 Å². The average molecular weight is 296 g/mol. The van der Waals surface area contributed by atoms with Crippen LogP contribution in [0.25, 0.3) is 0 Å². The lowest BCUT2D eigenvalue weighted by molar-refractivity contribution is -0.155. The molecule has 1 aromatic carbocycles. The molecule has 0 unspecified atom stereocenters. The molecule has 0 radical (unpaired) electrons. The van der Waals surface area contributed by atoms with Crippen molar-refractivity contribution in [3.63, 3.8) is 0 Å². The Bertz CT molecular complexity index is 413. The van der Waals surface area contributed by atoms with Gasteiger partial charge in [0.1, 0.15) is 6.79 Å². The van der Waals surface area contributed by atoms with Gasteiger partial charge in [-0.05, 0) is 5.56 Å². The lowest BCUT2D eigenvalue weighted by atomic mass is 10.2. The third kappa shape index (κ3) is 7.43. The average Bonchev–Trinajstić information content (AvgIpc) is 2.52. The van der Waals surface area contributed by atoms with E-state index in [1.807, 2.05) is 30.3 Å². The number of ether oxygens (including phenoxy) is 4. The molecule has 6 heteroatoms. The van der Waals surface area contributed by atoms with E-state index in [2.05, 4.69) is 9.47 Å². The van der Waals surface area contributed by atoms with Crippen LogP contribution < -0.4 is 0 Å². The zero-order valence-corrected chi connectivity index (χ0v) is 12.2. The van der Waals surface area contributed by atoms with Crippen LogP contribution in [0.2, 0.25) is 0 Å². The van der Waals surface area contributed by atoms with Crippen molar-refractivity contribution in [2.45, 2.75) is 25.6 Å². The Hall–Kier alpha value is -1.92. The highest BCUT2D eigenvalue weighted by atomic mass is 16.7. The minimum atomic E-state index is -0.624. The minimum absolute atomic E-state index is 0.0203. The molecular formula is C15H20O6. The molecule has 0 saturated carbocycles. The molecule has 1 rings (SSSR count). The van der Waals surface area contributed by atoms with Gasteiger partial charge in [0.15, 0.2) is 0 Å². The summed E-state index contributed by atoms with van der Waals surface area (Å²) in [5, 5.41) is 0. The third-order valence-electron chi connectivity index (χ3n) is 2.74. The fourth-order valence-corrected chi connectivity index (χ4v) is 1.61. The van der Waals surface area contributed by atoms with Crippen LogP contribution >= 0.6 is 0 Å². The van der Waals surface area contributed by atoms with E-state index in [-0.39, 0.29) is 19.6 Å². The number of hydrogen-bond acceptors (Lipinski definition) is 6. The number of carbonyl (C=O) groups is 2. The van der Waals surface area contributed by atoms with Crippen molar-refractivity contribution in [1.29, 1.82) is 0 Å². The Balaban J connectivity index is 2.34. The Kier molecular flexibility index (Phi) is 8.08. The quantitative estimate of drug-likeness (QED) is 0.392. The lowest BCUT2D eigenvalue weighted by Gasteiger charge is -2.15. The summed E-state index contributed by atoms with van der Waals surface area (Å²) in [6, 6.07) is 9.61. The fourth-order valence-electron chi connectivity index (χ4n) is 1.61. The van der Waals surface area contributed by atoms with Gasteiger partial charge in [0, 0.05) is 0 Å². The lowest BCUT2D eigenvalue weighted by Crippen LogP contribution is -2.24. The van der Waals surface area contributed by atoms with Crippen LogP contribution in [0.5, 0.6) is 0 Å². The van der Waals surface area contributed by atoms with Crippen molar-refractivity contribution < 1.29 is 28.5 Å². The molecule has 0 spiro atoms. The molecule has 0 bridgehead atoms. The molecule has 6 nitrogen and oxygen atoms in total. The molecule has 116 valence electrons. The molecule has 0 amide bonds. The number of benzene rings is 1. The highest BCUT2D eigenvalue weighted by Crippen LogP contribution is 2.08. The first-order chi connectivity index (χ1) is 10.2. The van der Waals surface area contributed by atoms with Gasteiger partial charge >= 0.3 is 11.9 Å². The van der Waals surface area contributed by atoms with E-state index in [4.69, 9.17) is 9.47 Å². The third-order valence-corrected chi connectivity index (χ3v) is 2.74. The van der Waals surface area contributed by atoms with Crippen LogP contribution in [0.3, 0.4) is 0 Å². The molecule has 0 aliphatic heterocycles. The number of carbonyl (C=O) groups excluding carboxylic acids is 2. The second-order valence-electron chi connectivity index (χ2n) is 4.30. The highest BCUT2D eigenvalue weighted by molar-refractivity contribution is 5.73. The van der Waals surface area contributed by atoms with Gasteiger partial charge in [-0.1, -0.05) is 30.3 Å². The monoisotopic (exact) mass is 296 g/mol. The SMILES string of the molecule is COC(=O)CC(CC(=O)OC)OCOCc1ccccc1. The molecule has 21 heavy (non-hydrogen) atoms. The molecule has 1 aromatic rings. The van der Waals surface area contributed by atoms with Gasteiger partial charge < -0.3 is 18.9 Å². The molecule has 0 aliphatic rings. The normalized spacial score (nSPS) is 10.4. The highest BCUT2D eigenvalue weighted by Gasteiger charge is 2.19. The van der Waals surface area contributed by atoms with Crippen LogP contribution in [-0.2, 0) is 35.1 Å². The maximum Gasteiger partial charge on any atom is 0.308 e. The van der Waals surface area contributed by atoms with Gasteiger partial charge in [0.05, 0.1) is 39.8 Å². The van der Waals surface area contributed by atoms with Gasteiger partial charge in [0.2, 0.25) is 0 Å². The van der Waals surface area contributed by atoms with Gasteiger partial charge in [-0.3, -0.25) is 9.59 Å². The second-order valence-corrected chi connectivity index (χ2v) is 4.30. The summed E-state index contributed by atoms with van der Waals surface area (Å²) in [5.74, 6) is -0.904. The summed E-state index contributed by atoms with van der Waals surface area (Å²) in [5.41, 5.74) is 1.01. The van der Waals surface area contributed by atoms with E-state index in [9.17, 15) is 9.59 Å². The Morgan fingerprint density at radius 2 is 1.57 bits per heavy atom. The Labute approximate surface area is 123 Å². The second kappa shape index (κ2) is 9.90. The van der Waals surface area contributed by atoms with Crippen LogP contribution in [-0.4, -0.2) is 39.1 Å². The van der Waals surface area contributed by atoms with Crippen molar-refractivity contribution in [3.8, 4) is 0 Å². The molecular weight excluding hydrogens is 276 g/mol. The van der Waals surface area contributed by atoms with Gasteiger partial charge in [-0.15, -0.1) is 0 Å². The standard InChI is InChI=1S/C15H20O6/c1-18-14(16)8-13(9-15(17)19-2)21-11-20-10-12-6-4-3-5-7-12/h3-7,13H,8-11H2,1-2H3. The van der Waals surface area contributed by atoms with E-state index in [0.29, 0.717) is 6.61 Å². The van der Waals surface area contributed by atoms with E-state index in [1.54, 1.807) is 0 Å². The number of esters is 2. The summed E-state index contributed by atoms with van der Waals surface area (Å²) >= 11 is 0. The van der Waals surface area contributed by atoms with E-state index < -0.39 is 18.0 Å². The molecule has 0 heterocycles. The van der Waals surface area contributed by atoms with Crippen molar-refractivity contribution in [2.75, 3.05) is 21.0 Å². The summed E-state index contributed by atoms with van der Waals surface area (Å²) in [4.78, 5) is 22.5. The summed E-state index contributed by atoms with van der Waals surface area (Å²) in [6.07, 6.45) is -0.679. The van der Waals surface area contributed by atoms with Crippen molar-refractivity contribution in [1.82, 2.24) is 0 Å². The smallest absolute Gasteiger partial charge is 0.308 e. The first kappa shape index (κ1) is 17.1. The van der Waals surface area contributed by atoms with Crippen LogP contribution in [0.1, 0.15) is 18.4 Å². The molecule has 0 saturated heterocycles. The number of rotatable bonds is 9. The van der Waals surface area contributed by atoms with Crippen LogP contribution in [0.4, 0.5) is 0 Å². The maximum atomic E-state index is 11.3. The Morgan fingerprint density at radius 3 is 2.10 bits per heavy atom. The molecule has 0 fully saturated rings. The summed E-state index contributed by atoms with van der Waals surface area (Å²) in [7, 11) is 2.56. The first-order valence-corrected chi connectivity index (χ1v) is 6.52.